The largest absolute Gasteiger partial charge is 0.328 e. The van der Waals surface area contributed by atoms with E-state index in [0.717, 1.165) is 36.0 Å². The lowest BCUT2D eigenvalue weighted by molar-refractivity contribution is -0.119. The Morgan fingerprint density at radius 1 is 1.42 bits per heavy atom. The van der Waals surface area contributed by atoms with Crippen LogP contribution in [0.2, 0.25) is 5.02 Å². The molecule has 1 saturated heterocycles. The number of carbonyl (C=O) groups is 1. The van der Waals surface area contributed by atoms with Gasteiger partial charge in [0.05, 0.1) is 6.54 Å². The van der Waals surface area contributed by atoms with Crippen LogP contribution in [0.15, 0.2) is 22.7 Å². The van der Waals surface area contributed by atoms with Crippen LogP contribution in [0.3, 0.4) is 0 Å². The van der Waals surface area contributed by atoms with Gasteiger partial charge >= 0.3 is 0 Å². The zero-order valence-electron chi connectivity index (χ0n) is 10.7. The molecule has 2 N–H and O–H groups in total. The maximum absolute atomic E-state index is 12.1. The fourth-order valence-electron chi connectivity index (χ4n) is 2.29. The van der Waals surface area contributed by atoms with Crippen molar-refractivity contribution in [3.63, 3.8) is 0 Å². The predicted molar refractivity (Wildman–Crippen MR) is 81.5 cm³/mol. The number of likely N-dealkylation sites (tertiary alicyclic amines) is 1. The van der Waals surface area contributed by atoms with Crippen molar-refractivity contribution in [2.75, 3.05) is 19.6 Å². The summed E-state index contributed by atoms with van der Waals surface area (Å²) in [5.41, 5.74) is 6.74. The Kier molecular flexibility index (Phi) is 5.39. The fourth-order valence-corrected chi connectivity index (χ4v) is 3.03. The standard InChI is InChI=1S/C14H18BrClN2O/c15-11-2-1-10(14(16)8-11)7-13(19)9-18-5-3-12(17)4-6-18/h1-2,8,12H,3-7,9,17H2. The van der Waals surface area contributed by atoms with Gasteiger partial charge < -0.3 is 5.73 Å². The molecule has 104 valence electrons. The molecule has 1 aromatic carbocycles. The summed E-state index contributed by atoms with van der Waals surface area (Å²) < 4.78 is 0.929. The maximum atomic E-state index is 12.1. The van der Waals surface area contributed by atoms with E-state index in [1.54, 1.807) is 0 Å². The molecule has 0 spiro atoms. The molecule has 1 fully saturated rings. The van der Waals surface area contributed by atoms with Gasteiger partial charge in [-0.1, -0.05) is 33.6 Å². The van der Waals surface area contributed by atoms with Crippen molar-refractivity contribution in [1.82, 2.24) is 4.90 Å². The van der Waals surface area contributed by atoms with Gasteiger partial charge in [-0.2, -0.15) is 0 Å². The Morgan fingerprint density at radius 3 is 2.74 bits per heavy atom. The molecule has 1 aromatic rings. The number of benzene rings is 1. The lowest BCUT2D eigenvalue weighted by Gasteiger charge is -2.29. The molecule has 0 unspecified atom stereocenters. The Bertz CT molecular complexity index is 459. The van der Waals surface area contributed by atoms with Crippen LogP contribution >= 0.6 is 27.5 Å². The van der Waals surface area contributed by atoms with Crippen LogP contribution in [0.4, 0.5) is 0 Å². The summed E-state index contributed by atoms with van der Waals surface area (Å²) in [6, 6.07) is 5.93. The molecule has 0 saturated carbocycles. The summed E-state index contributed by atoms with van der Waals surface area (Å²) in [5.74, 6) is 0.208. The van der Waals surface area contributed by atoms with Gasteiger partial charge in [-0.3, -0.25) is 9.69 Å². The number of halogens is 2. The van der Waals surface area contributed by atoms with Crippen molar-refractivity contribution < 1.29 is 4.79 Å². The first-order valence-electron chi connectivity index (χ1n) is 6.48. The second kappa shape index (κ2) is 6.84. The van der Waals surface area contributed by atoms with Crippen molar-refractivity contribution in [3.8, 4) is 0 Å². The van der Waals surface area contributed by atoms with Crippen molar-refractivity contribution in [3.05, 3.63) is 33.3 Å². The van der Waals surface area contributed by atoms with Gasteiger partial charge in [0.15, 0.2) is 5.78 Å². The molecule has 0 amide bonds. The smallest absolute Gasteiger partial charge is 0.151 e. The number of hydrogen-bond donors (Lipinski definition) is 1. The maximum Gasteiger partial charge on any atom is 0.151 e. The highest BCUT2D eigenvalue weighted by Gasteiger charge is 2.18. The molecule has 0 atom stereocenters. The third-order valence-electron chi connectivity index (χ3n) is 3.43. The minimum Gasteiger partial charge on any atom is -0.328 e. The number of carbonyl (C=O) groups excluding carboxylic acids is 1. The van der Waals surface area contributed by atoms with E-state index in [9.17, 15) is 4.79 Å². The number of nitrogens with two attached hydrogens (primary N) is 1. The van der Waals surface area contributed by atoms with Crippen LogP contribution < -0.4 is 5.73 Å². The van der Waals surface area contributed by atoms with Crippen molar-refractivity contribution in [2.24, 2.45) is 5.73 Å². The van der Waals surface area contributed by atoms with E-state index in [0.29, 0.717) is 24.0 Å². The Hall–Kier alpha value is -0.420. The number of hydrogen-bond acceptors (Lipinski definition) is 3. The lowest BCUT2D eigenvalue weighted by atomic mass is 10.0. The molecular weight excluding hydrogens is 328 g/mol. The quantitative estimate of drug-likeness (QED) is 0.912. The van der Waals surface area contributed by atoms with Gasteiger partial charge in [-0.25, -0.2) is 0 Å². The van der Waals surface area contributed by atoms with E-state index in [-0.39, 0.29) is 5.78 Å². The van der Waals surface area contributed by atoms with Crippen LogP contribution in [0.1, 0.15) is 18.4 Å². The van der Waals surface area contributed by atoms with Gasteiger partial charge in [0, 0.05) is 35.0 Å². The fraction of sp³-hybridized carbons (Fsp3) is 0.500. The van der Waals surface area contributed by atoms with E-state index in [2.05, 4.69) is 20.8 Å². The number of ketones is 1. The second-order valence-electron chi connectivity index (χ2n) is 5.06. The Balaban J connectivity index is 1.87. The van der Waals surface area contributed by atoms with Crippen LogP contribution in [0.5, 0.6) is 0 Å². The first kappa shape index (κ1) is 15.0. The minimum absolute atomic E-state index is 0.208. The Labute approximate surface area is 127 Å². The number of piperidine rings is 1. The number of Topliss-reactive ketones (excluding diaryl/α,β-unsaturated/α-hetero) is 1. The minimum atomic E-state index is 0.208. The summed E-state index contributed by atoms with van der Waals surface area (Å²) in [7, 11) is 0. The summed E-state index contributed by atoms with van der Waals surface area (Å²) in [6.07, 6.45) is 2.35. The van der Waals surface area contributed by atoms with Crippen LogP contribution in [0, 0.1) is 0 Å². The average Bonchev–Trinajstić information content (AvgIpc) is 2.36. The summed E-state index contributed by atoms with van der Waals surface area (Å²) in [4.78, 5) is 14.2. The Morgan fingerprint density at radius 2 is 2.11 bits per heavy atom. The second-order valence-corrected chi connectivity index (χ2v) is 6.39. The van der Waals surface area contributed by atoms with Crippen LogP contribution in [-0.4, -0.2) is 36.4 Å². The zero-order chi connectivity index (χ0) is 13.8. The number of nitrogens with zero attached hydrogens (tertiary/aromatic N) is 1. The van der Waals surface area contributed by atoms with Crippen LogP contribution in [0.25, 0.3) is 0 Å². The monoisotopic (exact) mass is 344 g/mol. The summed E-state index contributed by atoms with van der Waals surface area (Å²) >= 11 is 9.48. The summed E-state index contributed by atoms with van der Waals surface area (Å²) in [5, 5.41) is 0.642. The van der Waals surface area contributed by atoms with Gasteiger partial charge in [-0.15, -0.1) is 0 Å². The van der Waals surface area contributed by atoms with E-state index in [1.807, 2.05) is 18.2 Å². The SMILES string of the molecule is NC1CCN(CC(=O)Cc2ccc(Br)cc2Cl)CC1. The molecule has 3 nitrogen and oxygen atoms in total. The average molecular weight is 346 g/mol. The molecule has 0 bridgehead atoms. The van der Waals surface area contributed by atoms with Gasteiger partial charge in [0.1, 0.15) is 0 Å². The normalized spacial score (nSPS) is 17.6. The van der Waals surface area contributed by atoms with Crippen molar-refractivity contribution in [1.29, 1.82) is 0 Å². The van der Waals surface area contributed by atoms with Crippen LogP contribution in [-0.2, 0) is 11.2 Å². The van der Waals surface area contributed by atoms with E-state index < -0.39 is 0 Å². The molecule has 19 heavy (non-hydrogen) atoms. The third kappa shape index (κ3) is 4.56. The first-order chi connectivity index (χ1) is 9.04. The molecule has 1 aliphatic heterocycles. The topological polar surface area (TPSA) is 46.3 Å². The molecule has 0 aromatic heterocycles. The molecule has 0 radical (unpaired) electrons. The van der Waals surface area contributed by atoms with Crippen molar-refractivity contribution >= 4 is 33.3 Å². The van der Waals surface area contributed by atoms with E-state index >= 15 is 0 Å². The lowest BCUT2D eigenvalue weighted by Crippen LogP contribution is -2.42. The molecule has 2 rings (SSSR count). The number of rotatable bonds is 4. The van der Waals surface area contributed by atoms with Gasteiger partial charge in [-0.05, 0) is 30.5 Å². The first-order valence-corrected chi connectivity index (χ1v) is 7.65. The van der Waals surface area contributed by atoms with E-state index in [1.165, 1.54) is 0 Å². The van der Waals surface area contributed by atoms with Gasteiger partial charge in [0.2, 0.25) is 0 Å². The highest BCUT2D eigenvalue weighted by Crippen LogP contribution is 2.22. The zero-order valence-corrected chi connectivity index (χ0v) is 13.1. The molecule has 0 aliphatic carbocycles. The molecule has 1 aliphatic rings. The predicted octanol–water partition coefficient (Wildman–Crippen LogP) is 2.64. The highest BCUT2D eigenvalue weighted by molar-refractivity contribution is 9.10. The van der Waals surface area contributed by atoms with E-state index in [4.69, 9.17) is 17.3 Å². The molecule has 5 heteroatoms. The highest BCUT2D eigenvalue weighted by atomic mass is 79.9. The molecular formula is C14H18BrClN2O. The van der Waals surface area contributed by atoms with Crippen molar-refractivity contribution in [2.45, 2.75) is 25.3 Å². The van der Waals surface area contributed by atoms with Gasteiger partial charge in [0.25, 0.3) is 0 Å². The summed E-state index contributed by atoms with van der Waals surface area (Å²) in [6.45, 7) is 2.33. The third-order valence-corrected chi connectivity index (χ3v) is 4.28. The molecule has 1 heterocycles.